The number of fused-ring (bicyclic) bond motifs is 1. The monoisotopic (exact) mass is 741 g/mol. The molecule has 3 amide bonds. The number of rotatable bonds is 19. The van der Waals surface area contributed by atoms with Crippen LogP contribution >= 0.6 is 0 Å². The minimum absolute atomic E-state index is 0.156. The third-order valence-electron chi connectivity index (χ3n) is 7.61. The van der Waals surface area contributed by atoms with E-state index >= 15 is 0 Å². The van der Waals surface area contributed by atoms with Crippen molar-refractivity contribution in [3.63, 3.8) is 0 Å². The summed E-state index contributed by atoms with van der Waals surface area (Å²) in [6.07, 6.45) is -2.34. The fraction of sp³-hybridized carbons (Fsp3) is 0.371. The number of hydrogen-bond acceptors (Lipinski definition) is 11. The van der Waals surface area contributed by atoms with E-state index in [1.54, 1.807) is 68.4 Å². The van der Waals surface area contributed by atoms with E-state index in [0.717, 1.165) is 23.1 Å². The van der Waals surface area contributed by atoms with E-state index < -0.39 is 88.8 Å². The number of aromatic nitrogens is 1. The Balaban J connectivity index is 1.87. The zero-order chi connectivity index (χ0) is 38.4. The van der Waals surface area contributed by atoms with Gasteiger partial charge in [0.05, 0.1) is 24.4 Å². The van der Waals surface area contributed by atoms with Crippen LogP contribution in [0.25, 0.3) is 10.9 Å². The standard InChI is InChI=1S/C35H43N5O11S/c1-21(2)31(34(47)37-25(18-29(41)42)15-16-52(3,49)50)40-33(46)27(17-24-14-13-23-11-7-8-12-26(23)36-24)38-32(45)28(19-30(43)44)39-35(48)51-20-22-9-5-4-6-10-22/h4-16,21,25,27-28,31,34,37,47H,17-20H2,1-3H3,(H,38,45)(H,39,48)(H,40,46)(H,41,42)(H,43,44). The summed E-state index contributed by atoms with van der Waals surface area (Å²) in [5.41, 5.74) is 1.62. The van der Waals surface area contributed by atoms with Crippen molar-refractivity contribution in [1.82, 2.24) is 26.3 Å². The summed E-state index contributed by atoms with van der Waals surface area (Å²) in [4.78, 5) is 67.7. The fourth-order valence-corrected chi connectivity index (χ4v) is 5.48. The maximum Gasteiger partial charge on any atom is 0.408 e. The third kappa shape index (κ3) is 14.1. The molecule has 0 saturated carbocycles. The first-order valence-electron chi connectivity index (χ1n) is 16.2. The minimum Gasteiger partial charge on any atom is -0.481 e. The van der Waals surface area contributed by atoms with Crippen molar-refractivity contribution in [1.29, 1.82) is 0 Å². The zero-order valence-corrected chi connectivity index (χ0v) is 29.6. The number of hydrogen-bond donors (Lipinski definition) is 7. The summed E-state index contributed by atoms with van der Waals surface area (Å²) >= 11 is 0. The summed E-state index contributed by atoms with van der Waals surface area (Å²) in [5, 5.41) is 41.6. The number of aliphatic carboxylic acids is 2. The lowest BCUT2D eigenvalue weighted by Gasteiger charge is -2.32. The van der Waals surface area contributed by atoms with Gasteiger partial charge in [0.2, 0.25) is 11.8 Å². The number of pyridine rings is 1. The minimum atomic E-state index is -3.63. The van der Waals surface area contributed by atoms with Gasteiger partial charge >= 0.3 is 18.0 Å². The van der Waals surface area contributed by atoms with E-state index in [4.69, 9.17) is 4.74 Å². The predicted molar refractivity (Wildman–Crippen MR) is 189 cm³/mol. The van der Waals surface area contributed by atoms with Crippen molar-refractivity contribution >= 4 is 50.6 Å². The molecule has 280 valence electrons. The number of amides is 3. The number of aliphatic hydroxyl groups excluding tert-OH is 1. The van der Waals surface area contributed by atoms with E-state index in [9.17, 15) is 47.7 Å². The first kappa shape index (κ1) is 41.0. The average molecular weight is 742 g/mol. The number of benzene rings is 2. The van der Waals surface area contributed by atoms with Crippen LogP contribution in [-0.4, -0.2) is 95.2 Å². The molecule has 0 aliphatic carbocycles. The lowest BCUT2D eigenvalue weighted by molar-refractivity contribution is -0.140. The van der Waals surface area contributed by atoms with Crippen LogP contribution in [0.3, 0.4) is 0 Å². The van der Waals surface area contributed by atoms with Gasteiger partial charge in [-0.05, 0) is 23.6 Å². The van der Waals surface area contributed by atoms with Gasteiger partial charge in [0.1, 0.15) is 24.9 Å². The molecule has 0 saturated heterocycles. The molecule has 1 aromatic heterocycles. The van der Waals surface area contributed by atoms with E-state index in [1.807, 2.05) is 12.1 Å². The number of carboxylic acids is 2. The largest absolute Gasteiger partial charge is 0.481 e. The van der Waals surface area contributed by atoms with Gasteiger partial charge in [-0.25, -0.2) is 13.2 Å². The highest BCUT2D eigenvalue weighted by molar-refractivity contribution is 7.93. The van der Waals surface area contributed by atoms with Crippen LogP contribution in [0.5, 0.6) is 0 Å². The first-order valence-corrected chi connectivity index (χ1v) is 18.1. The second-order valence-electron chi connectivity index (χ2n) is 12.4. The lowest BCUT2D eigenvalue weighted by atomic mass is 10.00. The highest BCUT2D eigenvalue weighted by atomic mass is 32.2. The number of nitrogens with one attached hydrogen (secondary N) is 4. The quantitative estimate of drug-likeness (QED) is 0.0862. The first-order chi connectivity index (χ1) is 24.5. The number of carboxylic acid groups (broad SMARTS) is 2. The second kappa shape index (κ2) is 19.3. The van der Waals surface area contributed by atoms with Gasteiger partial charge in [-0.3, -0.25) is 29.5 Å². The summed E-state index contributed by atoms with van der Waals surface area (Å²) in [5.74, 6) is -5.05. The molecule has 5 atom stereocenters. The number of carbonyl (C=O) groups is 5. The van der Waals surface area contributed by atoms with Crippen LogP contribution in [0.15, 0.2) is 78.2 Å². The van der Waals surface area contributed by atoms with Gasteiger partial charge < -0.3 is 36.0 Å². The topological polar surface area (TPSA) is 250 Å². The zero-order valence-electron chi connectivity index (χ0n) is 28.8. The normalized spacial score (nSPS) is 14.6. The van der Waals surface area contributed by atoms with E-state index in [-0.39, 0.29) is 13.0 Å². The summed E-state index contributed by atoms with van der Waals surface area (Å²) in [7, 11) is -3.63. The fourth-order valence-electron chi connectivity index (χ4n) is 5.01. The average Bonchev–Trinajstić information content (AvgIpc) is 3.07. The SMILES string of the molecule is CC(C)C(NC(=O)C(Cc1ccc2ccccc2n1)NC(=O)C(CC(=O)O)NC(=O)OCc1ccccc1)C(O)NC(C=CS(C)(=O)=O)CC(=O)O. The maximum absolute atomic E-state index is 13.9. The van der Waals surface area contributed by atoms with Gasteiger partial charge in [-0.15, -0.1) is 0 Å². The molecule has 0 fully saturated rings. The van der Waals surface area contributed by atoms with Crippen molar-refractivity contribution in [3.8, 4) is 0 Å². The van der Waals surface area contributed by atoms with E-state index in [0.29, 0.717) is 16.8 Å². The van der Waals surface area contributed by atoms with E-state index in [2.05, 4.69) is 26.3 Å². The molecule has 52 heavy (non-hydrogen) atoms. The molecule has 5 unspecified atom stereocenters. The highest BCUT2D eigenvalue weighted by Crippen LogP contribution is 2.15. The number of nitrogens with zero attached hydrogens (tertiary/aromatic N) is 1. The Kier molecular flexibility index (Phi) is 15.2. The molecule has 3 aromatic rings. The molecule has 0 radical (unpaired) electrons. The Bertz CT molecular complexity index is 1850. The summed E-state index contributed by atoms with van der Waals surface area (Å²) in [6, 6.07) is 13.9. The number of ether oxygens (including phenoxy) is 1. The van der Waals surface area contributed by atoms with Gasteiger partial charge in [0.15, 0.2) is 9.84 Å². The molecule has 0 bridgehead atoms. The molecular weight excluding hydrogens is 698 g/mol. The number of aliphatic hydroxyl groups is 1. The van der Waals surface area contributed by atoms with Gasteiger partial charge in [0, 0.05) is 35.2 Å². The Labute approximate surface area is 300 Å². The molecular formula is C35H43N5O11S. The van der Waals surface area contributed by atoms with Crippen LogP contribution < -0.4 is 21.3 Å². The van der Waals surface area contributed by atoms with Crippen molar-refractivity contribution < 1.29 is 52.4 Å². The predicted octanol–water partition coefficient (Wildman–Crippen LogP) is 1.48. The van der Waals surface area contributed by atoms with E-state index in [1.165, 1.54) is 0 Å². The smallest absolute Gasteiger partial charge is 0.408 e. The van der Waals surface area contributed by atoms with Crippen molar-refractivity contribution in [2.75, 3.05) is 6.26 Å². The van der Waals surface area contributed by atoms with Crippen LogP contribution in [-0.2, 0) is 46.8 Å². The number of alkyl carbamates (subject to hydrolysis) is 1. The highest BCUT2D eigenvalue weighted by Gasteiger charge is 2.33. The Morgan fingerprint density at radius 2 is 1.46 bits per heavy atom. The van der Waals surface area contributed by atoms with Gasteiger partial charge in [-0.2, -0.15) is 0 Å². The van der Waals surface area contributed by atoms with Crippen LogP contribution in [0.1, 0.15) is 37.9 Å². The molecule has 3 rings (SSSR count). The lowest BCUT2D eigenvalue weighted by Crippen LogP contribution is -2.60. The molecule has 17 heteroatoms. The van der Waals surface area contributed by atoms with Crippen LogP contribution in [0, 0.1) is 5.92 Å². The van der Waals surface area contributed by atoms with Crippen LogP contribution in [0.2, 0.25) is 0 Å². The third-order valence-corrected chi connectivity index (χ3v) is 8.26. The maximum atomic E-state index is 13.9. The summed E-state index contributed by atoms with van der Waals surface area (Å²) in [6.45, 7) is 3.15. The van der Waals surface area contributed by atoms with Crippen LogP contribution in [0.4, 0.5) is 4.79 Å². The molecule has 0 aliphatic heterocycles. The Morgan fingerprint density at radius 1 is 0.827 bits per heavy atom. The Morgan fingerprint density at radius 3 is 2.10 bits per heavy atom. The second-order valence-corrected chi connectivity index (χ2v) is 14.3. The number of para-hydroxylation sites is 1. The molecule has 16 nitrogen and oxygen atoms in total. The van der Waals surface area contributed by atoms with Crippen molar-refractivity contribution in [3.05, 3.63) is 89.5 Å². The number of sulfone groups is 1. The van der Waals surface area contributed by atoms with Crippen molar-refractivity contribution in [2.24, 2.45) is 5.92 Å². The van der Waals surface area contributed by atoms with Gasteiger partial charge in [0.25, 0.3) is 0 Å². The summed E-state index contributed by atoms with van der Waals surface area (Å²) < 4.78 is 28.5. The molecule has 0 aliphatic rings. The number of carbonyl (C=O) groups excluding carboxylic acids is 3. The Hall–Kier alpha value is -5.39. The molecule has 2 aromatic carbocycles. The van der Waals surface area contributed by atoms with Crippen molar-refractivity contribution in [2.45, 2.75) is 70.1 Å². The molecule has 7 N–H and O–H groups in total. The molecule has 1 heterocycles. The molecule has 0 spiro atoms. The van der Waals surface area contributed by atoms with Gasteiger partial charge in [-0.1, -0.05) is 74.5 Å².